The van der Waals surface area contributed by atoms with Crippen LogP contribution in [0, 0.1) is 5.92 Å². The first-order valence-corrected chi connectivity index (χ1v) is 6.28. The Morgan fingerprint density at radius 1 is 1.40 bits per heavy atom. The van der Waals surface area contributed by atoms with Gasteiger partial charge in [0.15, 0.2) is 0 Å². The largest absolute Gasteiger partial charge is 0.339 e. The molecule has 2 rings (SSSR count). The van der Waals surface area contributed by atoms with E-state index in [4.69, 9.17) is 0 Å². The first-order valence-electron chi connectivity index (χ1n) is 6.28. The van der Waals surface area contributed by atoms with Crippen molar-refractivity contribution in [2.45, 2.75) is 51.6 Å². The lowest BCUT2D eigenvalue weighted by Gasteiger charge is -2.33. The summed E-state index contributed by atoms with van der Waals surface area (Å²) >= 11 is 0. The molecule has 1 saturated carbocycles. The van der Waals surface area contributed by atoms with Crippen molar-refractivity contribution >= 4 is 5.91 Å². The maximum absolute atomic E-state index is 12.3. The predicted octanol–water partition coefficient (Wildman–Crippen LogP) is 1.39. The minimum atomic E-state index is 0.0827. The van der Waals surface area contributed by atoms with E-state index >= 15 is 0 Å². The average Bonchev–Trinajstić information content (AvgIpc) is 3.03. The summed E-state index contributed by atoms with van der Waals surface area (Å²) in [7, 11) is 0. The highest BCUT2D eigenvalue weighted by molar-refractivity contribution is 5.82. The summed E-state index contributed by atoms with van der Waals surface area (Å²) in [6.45, 7) is 6.15. The lowest BCUT2D eigenvalue weighted by atomic mass is 9.92. The Balaban J connectivity index is 1.97. The summed E-state index contributed by atoms with van der Waals surface area (Å²) in [6.07, 6.45) is 4.81. The van der Waals surface area contributed by atoms with Crippen molar-refractivity contribution < 1.29 is 4.79 Å². The molecule has 3 nitrogen and oxygen atoms in total. The number of piperidine rings is 1. The van der Waals surface area contributed by atoms with Crippen LogP contribution < -0.4 is 5.32 Å². The van der Waals surface area contributed by atoms with Crippen molar-refractivity contribution in [1.82, 2.24) is 10.2 Å². The van der Waals surface area contributed by atoms with E-state index in [0.29, 0.717) is 17.9 Å². The molecule has 3 heteroatoms. The van der Waals surface area contributed by atoms with Gasteiger partial charge in [0.1, 0.15) is 0 Å². The van der Waals surface area contributed by atoms with Gasteiger partial charge in [-0.05, 0) is 45.1 Å². The van der Waals surface area contributed by atoms with Gasteiger partial charge in [0, 0.05) is 12.6 Å². The SMILES string of the molecule is CCN(C(=O)C1NCCCC1C)C1CC1. The fourth-order valence-corrected chi connectivity index (χ4v) is 2.54. The second kappa shape index (κ2) is 4.52. The zero-order valence-electron chi connectivity index (χ0n) is 9.83. The van der Waals surface area contributed by atoms with E-state index in [1.54, 1.807) is 0 Å². The highest BCUT2D eigenvalue weighted by Gasteiger charge is 2.37. The fourth-order valence-electron chi connectivity index (χ4n) is 2.54. The Labute approximate surface area is 92.2 Å². The third-order valence-electron chi connectivity index (χ3n) is 3.65. The van der Waals surface area contributed by atoms with Crippen LogP contribution in [0.3, 0.4) is 0 Å². The van der Waals surface area contributed by atoms with E-state index < -0.39 is 0 Å². The molecule has 2 unspecified atom stereocenters. The minimum Gasteiger partial charge on any atom is -0.339 e. The van der Waals surface area contributed by atoms with Crippen LogP contribution in [-0.4, -0.2) is 36.0 Å². The number of carbonyl (C=O) groups is 1. The number of nitrogens with one attached hydrogen (secondary N) is 1. The van der Waals surface area contributed by atoms with Gasteiger partial charge in [-0.15, -0.1) is 0 Å². The van der Waals surface area contributed by atoms with E-state index in [1.165, 1.54) is 25.7 Å². The Hall–Kier alpha value is -0.570. The van der Waals surface area contributed by atoms with Gasteiger partial charge in [-0.3, -0.25) is 4.79 Å². The molecule has 86 valence electrons. The topological polar surface area (TPSA) is 32.3 Å². The molecule has 1 saturated heterocycles. The van der Waals surface area contributed by atoms with Gasteiger partial charge >= 0.3 is 0 Å². The van der Waals surface area contributed by atoms with Crippen molar-refractivity contribution in [1.29, 1.82) is 0 Å². The van der Waals surface area contributed by atoms with Crippen LogP contribution in [-0.2, 0) is 4.79 Å². The summed E-state index contributed by atoms with van der Waals surface area (Å²) < 4.78 is 0. The third-order valence-corrected chi connectivity index (χ3v) is 3.65. The van der Waals surface area contributed by atoms with Crippen LogP contribution in [0.25, 0.3) is 0 Å². The quantitative estimate of drug-likeness (QED) is 0.763. The zero-order chi connectivity index (χ0) is 10.8. The predicted molar refractivity (Wildman–Crippen MR) is 60.6 cm³/mol. The molecular formula is C12H22N2O. The summed E-state index contributed by atoms with van der Waals surface area (Å²) in [6, 6.07) is 0.637. The maximum Gasteiger partial charge on any atom is 0.240 e. The van der Waals surface area contributed by atoms with Crippen molar-refractivity contribution in [2.75, 3.05) is 13.1 Å². The molecule has 2 atom stereocenters. The highest BCUT2D eigenvalue weighted by Crippen LogP contribution is 2.28. The van der Waals surface area contributed by atoms with Crippen LogP contribution >= 0.6 is 0 Å². The number of hydrogen-bond acceptors (Lipinski definition) is 2. The van der Waals surface area contributed by atoms with Crippen molar-refractivity contribution in [3.05, 3.63) is 0 Å². The molecule has 1 aliphatic carbocycles. The molecule has 0 aromatic carbocycles. The molecule has 0 spiro atoms. The van der Waals surface area contributed by atoms with Gasteiger partial charge in [-0.1, -0.05) is 6.92 Å². The molecule has 0 aromatic rings. The van der Waals surface area contributed by atoms with E-state index in [-0.39, 0.29) is 6.04 Å². The minimum absolute atomic E-state index is 0.0827. The number of amides is 1. The molecular weight excluding hydrogens is 188 g/mol. The van der Waals surface area contributed by atoms with Gasteiger partial charge in [0.2, 0.25) is 5.91 Å². The van der Waals surface area contributed by atoms with Crippen LogP contribution in [0.4, 0.5) is 0 Å². The number of likely N-dealkylation sites (N-methyl/N-ethyl adjacent to an activating group) is 1. The monoisotopic (exact) mass is 210 g/mol. The van der Waals surface area contributed by atoms with Crippen LogP contribution in [0.15, 0.2) is 0 Å². The average molecular weight is 210 g/mol. The zero-order valence-corrected chi connectivity index (χ0v) is 9.83. The number of carbonyl (C=O) groups excluding carboxylic acids is 1. The van der Waals surface area contributed by atoms with E-state index in [2.05, 4.69) is 24.1 Å². The summed E-state index contributed by atoms with van der Waals surface area (Å²) in [5.74, 6) is 0.839. The Kier molecular flexibility index (Phi) is 3.29. The first-order chi connectivity index (χ1) is 7.24. The Morgan fingerprint density at radius 3 is 2.67 bits per heavy atom. The van der Waals surface area contributed by atoms with Gasteiger partial charge in [0.05, 0.1) is 6.04 Å². The van der Waals surface area contributed by atoms with Gasteiger partial charge in [-0.25, -0.2) is 0 Å². The number of hydrogen-bond donors (Lipinski definition) is 1. The Morgan fingerprint density at radius 2 is 2.13 bits per heavy atom. The van der Waals surface area contributed by atoms with Crippen molar-refractivity contribution in [2.24, 2.45) is 5.92 Å². The molecule has 1 aliphatic heterocycles. The molecule has 0 radical (unpaired) electrons. The van der Waals surface area contributed by atoms with Gasteiger partial charge < -0.3 is 10.2 Å². The molecule has 1 heterocycles. The number of nitrogens with zero attached hydrogens (tertiary/aromatic N) is 1. The second-order valence-corrected chi connectivity index (χ2v) is 4.91. The van der Waals surface area contributed by atoms with Crippen molar-refractivity contribution in [3.8, 4) is 0 Å². The second-order valence-electron chi connectivity index (χ2n) is 4.91. The molecule has 1 amide bonds. The highest BCUT2D eigenvalue weighted by atomic mass is 16.2. The van der Waals surface area contributed by atoms with E-state index in [1.807, 2.05) is 0 Å². The molecule has 0 aromatic heterocycles. The normalized spacial score (nSPS) is 31.3. The summed E-state index contributed by atoms with van der Waals surface area (Å²) in [4.78, 5) is 14.4. The smallest absolute Gasteiger partial charge is 0.240 e. The lowest BCUT2D eigenvalue weighted by Crippen LogP contribution is -2.52. The molecule has 15 heavy (non-hydrogen) atoms. The molecule has 2 aliphatic rings. The standard InChI is InChI=1S/C12H22N2O/c1-3-14(10-6-7-10)12(15)11-9(2)5-4-8-13-11/h9-11,13H,3-8H2,1-2H3. The molecule has 2 fully saturated rings. The summed E-state index contributed by atoms with van der Waals surface area (Å²) in [5, 5.41) is 3.37. The molecule has 0 bridgehead atoms. The van der Waals surface area contributed by atoms with E-state index in [0.717, 1.165) is 13.1 Å². The molecule has 1 N–H and O–H groups in total. The lowest BCUT2D eigenvalue weighted by molar-refractivity contribution is -0.135. The van der Waals surface area contributed by atoms with Crippen LogP contribution in [0.5, 0.6) is 0 Å². The van der Waals surface area contributed by atoms with Crippen molar-refractivity contribution in [3.63, 3.8) is 0 Å². The van der Waals surface area contributed by atoms with Crippen LogP contribution in [0.1, 0.15) is 39.5 Å². The summed E-state index contributed by atoms with van der Waals surface area (Å²) in [5.41, 5.74) is 0. The van der Waals surface area contributed by atoms with Crippen LogP contribution in [0.2, 0.25) is 0 Å². The van der Waals surface area contributed by atoms with Gasteiger partial charge in [-0.2, -0.15) is 0 Å². The Bertz CT molecular complexity index is 238. The van der Waals surface area contributed by atoms with E-state index in [9.17, 15) is 4.79 Å². The first kappa shape index (κ1) is 10.9. The van der Waals surface area contributed by atoms with Gasteiger partial charge in [0.25, 0.3) is 0 Å². The third kappa shape index (κ3) is 2.33. The fraction of sp³-hybridized carbons (Fsp3) is 0.917. The number of rotatable bonds is 3. The maximum atomic E-state index is 12.3.